The summed E-state index contributed by atoms with van der Waals surface area (Å²) >= 11 is 0. The van der Waals surface area contributed by atoms with Gasteiger partial charge >= 0.3 is 12.0 Å². The Bertz CT molecular complexity index is 441. The van der Waals surface area contributed by atoms with Gasteiger partial charge in [0.2, 0.25) is 0 Å². The summed E-state index contributed by atoms with van der Waals surface area (Å²) in [5.41, 5.74) is 0. The summed E-state index contributed by atoms with van der Waals surface area (Å²) in [4.78, 5) is 25.9. The number of amides is 2. The summed E-state index contributed by atoms with van der Waals surface area (Å²) in [6.07, 6.45) is 11.8. The highest BCUT2D eigenvalue weighted by Gasteiger charge is 2.44. The number of carboxylic acid groups (broad SMARTS) is 1. The van der Waals surface area contributed by atoms with Crippen LogP contribution < -0.4 is 5.32 Å². The molecule has 1 aliphatic heterocycles. The van der Waals surface area contributed by atoms with E-state index in [9.17, 15) is 14.7 Å². The molecular formula is C16H24N2O3. The molecule has 5 heteroatoms. The van der Waals surface area contributed by atoms with E-state index in [1.807, 2.05) is 0 Å². The zero-order valence-electron chi connectivity index (χ0n) is 12.3. The van der Waals surface area contributed by atoms with Crippen LogP contribution in [0, 0.1) is 5.92 Å². The second kappa shape index (κ2) is 6.08. The fraction of sp³-hybridized carbons (Fsp3) is 0.750. The first-order valence-corrected chi connectivity index (χ1v) is 8.13. The van der Waals surface area contributed by atoms with Crippen LogP contribution in [0.5, 0.6) is 0 Å². The van der Waals surface area contributed by atoms with Crippen molar-refractivity contribution in [2.45, 2.75) is 69.5 Å². The molecule has 0 spiro atoms. The lowest BCUT2D eigenvalue weighted by Gasteiger charge is -2.47. The molecule has 3 atom stereocenters. The van der Waals surface area contributed by atoms with E-state index in [4.69, 9.17) is 0 Å². The van der Waals surface area contributed by atoms with Gasteiger partial charge in [0.25, 0.3) is 0 Å². The number of nitrogens with one attached hydrogen (secondary N) is 1. The van der Waals surface area contributed by atoms with E-state index >= 15 is 0 Å². The topological polar surface area (TPSA) is 69.6 Å². The van der Waals surface area contributed by atoms with Crippen molar-refractivity contribution >= 4 is 12.0 Å². The molecule has 0 radical (unpaired) electrons. The molecule has 0 aromatic rings. The van der Waals surface area contributed by atoms with Crippen molar-refractivity contribution in [2.24, 2.45) is 5.92 Å². The maximum atomic E-state index is 12.6. The van der Waals surface area contributed by atoms with Gasteiger partial charge in [-0.2, -0.15) is 0 Å². The average molecular weight is 292 g/mol. The number of fused-ring (bicyclic) bond motifs is 1. The van der Waals surface area contributed by atoms with Crippen molar-refractivity contribution in [3.63, 3.8) is 0 Å². The van der Waals surface area contributed by atoms with Crippen LogP contribution in [0.15, 0.2) is 12.2 Å². The molecule has 0 aromatic carbocycles. The van der Waals surface area contributed by atoms with Crippen LogP contribution in [0.1, 0.15) is 51.4 Å². The summed E-state index contributed by atoms with van der Waals surface area (Å²) in [5.74, 6) is -0.375. The van der Waals surface area contributed by atoms with Crippen molar-refractivity contribution < 1.29 is 14.7 Å². The maximum Gasteiger partial charge on any atom is 0.326 e. The first kappa shape index (κ1) is 14.4. The van der Waals surface area contributed by atoms with Crippen LogP contribution in [0.2, 0.25) is 0 Å². The van der Waals surface area contributed by atoms with Gasteiger partial charge in [-0.25, -0.2) is 9.59 Å². The van der Waals surface area contributed by atoms with Gasteiger partial charge in [0, 0.05) is 12.1 Å². The second-order valence-corrected chi connectivity index (χ2v) is 6.54. The lowest BCUT2D eigenvalue weighted by atomic mass is 9.76. The highest BCUT2D eigenvalue weighted by atomic mass is 16.4. The zero-order chi connectivity index (χ0) is 14.8. The molecule has 5 nitrogen and oxygen atoms in total. The summed E-state index contributed by atoms with van der Waals surface area (Å²) in [6.45, 7) is 0. The Hall–Kier alpha value is -1.52. The molecule has 2 aliphatic carbocycles. The van der Waals surface area contributed by atoms with Gasteiger partial charge in [0.15, 0.2) is 0 Å². The average Bonchev–Trinajstić information content (AvgIpc) is 2.98. The molecular weight excluding hydrogens is 268 g/mol. The van der Waals surface area contributed by atoms with Crippen molar-refractivity contribution in [3.8, 4) is 0 Å². The van der Waals surface area contributed by atoms with Crippen molar-refractivity contribution in [2.75, 3.05) is 0 Å². The number of rotatable bonds is 2. The third-order valence-electron chi connectivity index (χ3n) is 5.23. The first-order chi connectivity index (χ1) is 10.2. The molecule has 3 unspecified atom stereocenters. The second-order valence-electron chi connectivity index (χ2n) is 6.54. The van der Waals surface area contributed by atoms with E-state index in [0.717, 1.165) is 38.5 Å². The third-order valence-corrected chi connectivity index (χ3v) is 5.23. The van der Waals surface area contributed by atoms with E-state index in [2.05, 4.69) is 17.5 Å². The molecule has 2 amide bonds. The summed E-state index contributed by atoms with van der Waals surface area (Å²) in [6, 6.07) is -0.578. The molecule has 1 saturated heterocycles. The Morgan fingerprint density at radius 2 is 1.76 bits per heavy atom. The predicted octanol–water partition coefficient (Wildman–Crippen LogP) is 2.52. The first-order valence-electron chi connectivity index (χ1n) is 8.13. The number of carbonyl (C=O) groups is 2. The van der Waals surface area contributed by atoms with E-state index in [0.29, 0.717) is 12.3 Å². The third kappa shape index (κ3) is 2.92. The Kier molecular flexibility index (Phi) is 4.17. The van der Waals surface area contributed by atoms with Gasteiger partial charge in [0.1, 0.15) is 6.04 Å². The van der Waals surface area contributed by atoms with Gasteiger partial charge in [-0.05, 0) is 44.4 Å². The smallest absolute Gasteiger partial charge is 0.326 e. The molecule has 3 rings (SSSR count). The van der Waals surface area contributed by atoms with Crippen molar-refractivity contribution in [3.05, 3.63) is 12.2 Å². The number of aliphatic carboxylic acids is 1. The van der Waals surface area contributed by atoms with E-state index in [1.165, 1.54) is 6.42 Å². The van der Waals surface area contributed by atoms with Crippen LogP contribution in [0.4, 0.5) is 4.79 Å². The standard InChI is InChI=1S/C16H24N2O3/c19-15(20)14-10-9-11-5-1-4-8-13(11)18(14)16(21)17-12-6-2-3-7-12/h2-3,11-14H,1,4-10H2,(H,17,21)(H,19,20). The summed E-state index contributed by atoms with van der Waals surface area (Å²) in [5, 5.41) is 12.5. The predicted molar refractivity (Wildman–Crippen MR) is 78.9 cm³/mol. The Balaban J connectivity index is 1.74. The van der Waals surface area contributed by atoms with Crippen LogP contribution in [-0.4, -0.2) is 40.1 Å². The molecule has 116 valence electrons. The minimum atomic E-state index is -0.862. The van der Waals surface area contributed by atoms with Crippen LogP contribution >= 0.6 is 0 Å². The Labute approximate surface area is 125 Å². The van der Waals surface area contributed by atoms with Gasteiger partial charge < -0.3 is 15.3 Å². The Morgan fingerprint density at radius 3 is 2.48 bits per heavy atom. The van der Waals surface area contributed by atoms with Gasteiger partial charge in [0.05, 0.1) is 0 Å². The number of carboxylic acids is 1. The lowest BCUT2D eigenvalue weighted by Crippen LogP contribution is -2.60. The number of hydrogen-bond donors (Lipinski definition) is 2. The number of carbonyl (C=O) groups excluding carboxylic acids is 1. The number of piperidine rings is 1. The minimum Gasteiger partial charge on any atom is -0.480 e. The lowest BCUT2D eigenvalue weighted by molar-refractivity contribution is -0.145. The zero-order valence-corrected chi connectivity index (χ0v) is 12.3. The van der Waals surface area contributed by atoms with Crippen LogP contribution in [-0.2, 0) is 4.79 Å². The van der Waals surface area contributed by atoms with Crippen molar-refractivity contribution in [1.82, 2.24) is 10.2 Å². The SMILES string of the molecule is O=C(O)C1CCC2CCCCC2N1C(=O)NC1CC=CC1. The molecule has 0 aromatic heterocycles. The van der Waals surface area contributed by atoms with E-state index in [1.54, 1.807) is 4.90 Å². The number of hydrogen-bond acceptors (Lipinski definition) is 2. The fourth-order valence-corrected chi connectivity index (χ4v) is 4.15. The molecule has 1 heterocycles. The van der Waals surface area contributed by atoms with Gasteiger partial charge in [-0.15, -0.1) is 0 Å². The molecule has 3 aliphatic rings. The quantitative estimate of drug-likeness (QED) is 0.768. The molecule has 2 fully saturated rings. The number of urea groups is 1. The van der Waals surface area contributed by atoms with Crippen LogP contribution in [0.3, 0.4) is 0 Å². The normalized spacial score (nSPS) is 32.8. The van der Waals surface area contributed by atoms with Crippen molar-refractivity contribution in [1.29, 1.82) is 0 Å². The van der Waals surface area contributed by atoms with E-state index in [-0.39, 0.29) is 18.1 Å². The molecule has 21 heavy (non-hydrogen) atoms. The van der Waals surface area contributed by atoms with Gasteiger partial charge in [-0.1, -0.05) is 25.0 Å². The molecule has 0 bridgehead atoms. The minimum absolute atomic E-state index is 0.114. The van der Waals surface area contributed by atoms with E-state index < -0.39 is 12.0 Å². The highest BCUT2D eigenvalue weighted by molar-refractivity contribution is 5.83. The highest BCUT2D eigenvalue weighted by Crippen LogP contribution is 2.38. The van der Waals surface area contributed by atoms with Crippen LogP contribution in [0.25, 0.3) is 0 Å². The summed E-state index contributed by atoms with van der Waals surface area (Å²) in [7, 11) is 0. The molecule has 1 saturated carbocycles. The fourth-order valence-electron chi connectivity index (χ4n) is 4.15. The monoisotopic (exact) mass is 292 g/mol. The maximum absolute atomic E-state index is 12.6. The summed E-state index contributed by atoms with van der Waals surface area (Å²) < 4.78 is 0. The molecule has 2 N–H and O–H groups in total. The Morgan fingerprint density at radius 1 is 1.05 bits per heavy atom. The number of likely N-dealkylation sites (tertiary alicyclic amines) is 1. The largest absolute Gasteiger partial charge is 0.480 e. The van der Waals surface area contributed by atoms with Gasteiger partial charge in [-0.3, -0.25) is 0 Å². The number of nitrogens with zero attached hydrogens (tertiary/aromatic N) is 1.